The predicted octanol–water partition coefficient (Wildman–Crippen LogP) is 11.4. The van der Waals surface area contributed by atoms with Gasteiger partial charge in [0.05, 0.1) is 11.4 Å². The second-order valence-corrected chi connectivity index (χ2v) is 13.6. The topological polar surface area (TPSA) is 25.8 Å². The fourth-order valence-electron chi connectivity index (χ4n) is 7.31. The van der Waals surface area contributed by atoms with Gasteiger partial charge in [0.15, 0.2) is 0 Å². The molecule has 9 rings (SSSR count). The first-order chi connectivity index (χ1) is 21.5. The summed E-state index contributed by atoms with van der Waals surface area (Å²) in [6.07, 6.45) is 6.98. The van der Waals surface area contributed by atoms with E-state index in [1.165, 1.54) is 43.3 Å². The molecule has 0 radical (unpaired) electrons. The smallest absolute Gasteiger partial charge is 0.143 e. The monoisotopic (exact) mass is 582 g/mol. The first kappa shape index (κ1) is 25.6. The normalized spacial score (nSPS) is 15.3. The van der Waals surface area contributed by atoms with E-state index < -0.39 is 0 Å². The number of thiophene rings is 1. The molecule has 0 atom stereocenters. The maximum Gasteiger partial charge on any atom is 0.143 e. The molecule has 2 aromatic heterocycles. The van der Waals surface area contributed by atoms with Crippen LogP contribution in [0.4, 0.5) is 0 Å². The molecule has 2 aliphatic carbocycles. The molecule has 44 heavy (non-hydrogen) atoms. The highest BCUT2D eigenvalue weighted by Gasteiger charge is 2.37. The van der Waals surface area contributed by atoms with Gasteiger partial charge < -0.3 is 0 Å². The number of fused-ring (bicyclic) bond motifs is 6. The molecular formula is C41H30N2S. The predicted molar refractivity (Wildman–Crippen MR) is 187 cm³/mol. The van der Waals surface area contributed by atoms with Crippen LogP contribution >= 0.6 is 11.3 Å². The van der Waals surface area contributed by atoms with E-state index in [9.17, 15) is 0 Å². The van der Waals surface area contributed by atoms with Crippen LogP contribution in [0.5, 0.6) is 0 Å². The molecule has 0 saturated carbocycles. The van der Waals surface area contributed by atoms with Gasteiger partial charge in [0.25, 0.3) is 0 Å². The number of rotatable bonds is 3. The highest BCUT2D eigenvalue weighted by Crippen LogP contribution is 2.51. The summed E-state index contributed by atoms with van der Waals surface area (Å²) in [5.41, 5.74) is 13.3. The molecule has 5 aromatic carbocycles. The van der Waals surface area contributed by atoms with E-state index >= 15 is 0 Å². The standard InChI is InChI=1S/C41H30N2S/c1-41(2)34-17-8-6-15-31(34)33-23-30-22-27(19-20-28(30)24-35(33)41)26-13-10-14-29(21-26)38-37(25-11-4-3-5-12-25)43-40-39(42-38)32-16-7-9-18-36(32)44-40/h3-7,9-16,18-24H,8,17H2,1-2H3. The van der Waals surface area contributed by atoms with Crippen molar-refractivity contribution in [2.75, 3.05) is 0 Å². The first-order valence-electron chi connectivity index (χ1n) is 15.4. The maximum absolute atomic E-state index is 5.32. The van der Waals surface area contributed by atoms with Crippen LogP contribution in [0.2, 0.25) is 0 Å². The lowest BCUT2D eigenvalue weighted by molar-refractivity contribution is 0.608. The Labute approximate surface area is 261 Å². The largest absolute Gasteiger partial charge is 0.242 e. The zero-order valence-electron chi connectivity index (χ0n) is 24.8. The van der Waals surface area contributed by atoms with Crippen molar-refractivity contribution in [3.05, 3.63) is 138 Å². The van der Waals surface area contributed by atoms with Gasteiger partial charge in [0, 0.05) is 26.6 Å². The van der Waals surface area contributed by atoms with Gasteiger partial charge in [0.1, 0.15) is 10.3 Å². The molecule has 0 N–H and O–H groups in total. The molecule has 0 aliphatic heterocycles. The summed E-state index contributed by atoms with van der Waals surface area (Å²) in [6.45, 7) is 4.78. The summed E-state index contributed by atoms with van der Waals surface area (Å²) >= 11 is 1.71. The van der Waals surface area contributed by atoms with Crippen molar-refractivity contribution in [3.8, 4) is 33.6 Å². The van der Waals surface area contributed by atoms with Crippen LogP contribution in [-0.2, 0) is 5.41 Å². The van der Waals surface area contributed by atoms with E-state index in [1.54, 1.807) is 16.9 Å². The van der Waals surface area contributed by atoms with Crippen molar-refractivity contribution in [1.29, 1.82) is 0 Å². The van der Waals surface area contributed by atoms with Crippen LogP contribution in [0.15, 0.2) is 127 Å². The van der Waals surface area contributed by atoms with Crippen LogP contribution in [0.1, 0.15) is 37.8 Å². The fourth-order valence-corrected chi connectivity index (χ4v) is 8.33. The van der Waals surface area contributed by atoms with E-state index in [-0.39, 0.29) is 5.41 Å². The highest BCUT2D eigenvalue weighted by atomic mass is 32.1. The summed E-state index contributed by atoms with van der Waals surface area (Å²) in [5, 5.41) is 3.74. The number of benzene rings is 5. The zero-order valence-corrected chi connectivity index (χ0v) is 25.6. The zero-order chi connectivity index (χ0) is 29.4. The molecule has 0 spiro atoms. The SMILES string of the molecule is CC1(C)C2=C(C=CCC2)c2cc3cc(-c4cccc(-c5nc6c(nc5-c5ccccc5)sc5ccccc56)c4)ccc3cc21. The van der Waals surface area contributed by atoms with Crippen LogP contribution in [-0.4, -0.2) is 9.97 Å². The lowest BCUT2D eigenvalue weighted by Gasteiger charge is -2.25. The minimum atomic E-state index is 0.0863. The number of aromatic nitrogens is 2. The summed E-state index contributed by atoms with van der Waals surface area (Å²) in [4.78, 5) is 11.5. The Kier molecular flexibility index (Phi) is 5.57. The lowest BCUT2D eigenvalue weighted by atomic mass is 9.78. The second kappa shape index (κ2) is 9.57. The van der Waals surface area contributed by atoms with E-state index in [2.05, 4.69) is 129 Å². The highest BCUT2D eigenvalue weighted by molar-refractivity contribution is 7.25. The third kappa shape index (κ3) is 3.86. The van der Waals surface area contributed by atoms with Crippen molar-refractivity contribution in [1.82, 2.24) is 9.97 Å². The number of allylic oxidation sites excluding steroid dienone is 4. The van der Waals surface area contributed by atoms with Gasteiger partial charge in [-0.05, 0) is 81.8 Å². The minimum Gasteiger partial charge on any atom is -0.242 e. The van der Waals surface area contributed by atoms with Crippen molar-refractivity contribution < 1.29 is 0 Å². The van der Waals surface area contributed by atoms with Gasteiger partial charge in [-0.1, -0.05) is 110 Å². The van der Waals surface area contributed by atoms with Gasteiger partial charge in [-0.2, -0.15) is 0 Å². The Balaban J connectivity index is 1.20. The van der Waals surface area contributed by atoms with E-state index in [1.807, 2.05) is 6.07 Å². The number of hydrogen-bond acceptors (Lipinski definition) is 3. The van der Waals surface area contributed by atoms with Gasteiger partial charge >= 0.3 is 0 Å². The minimum absolute atomic E-state index is 0.0863. The number of nitrogens with zero attached hydrogens (tertiary/aromatic N) is 2. The Bertz CT molecular complexity index is 2350. The van der Waals surface area contributed by atoms with Crippen LogP contribution in [0.3, 0.4) is 0 Å². The molecule has 2 nitrogen and oxygen atoms in total. The average molecular weight is 583 g/mol. The lowest BCUT2D eigenvalue weighted by Crippen LogP contribution is -2.17. The van der Waals surface area contributed by atoms with Crippen molar-refractivity contribution in [2.45, 2.75) is 32.1 Å². The fraction of sp³-hybridized carbons (Fsp3) is 0.122. The molecule has 0 amide bonds. The molecule has 7 aromatic rings. The Hall–Kier alpha value is -4.86. The Morgan fingerprint density at radius 1 is 0.659 bits per heavy atom. The van der Waals surface area contributed by atoms with E-state index in [0.29, 0.717) is 0 Å². The molecule has 0 unspecified atom stereocenters. The molecule has 0 saturated heterocycles. The Morgan fingerprint density at radius 2 is 1.43 bits per heavy atom. The second-order valence-electron chi connectivity index (χ2n) is 12.5. The average Bonchev–Trinajstić information content (AvgIpc) is 3.55. The molecule has 3 heteroatoms. The summed E-state index contributed by atoms with van der Waals surface area (Å²) in [6, 6.07) is 39.5. The third-order valence-corrected chi connectivity index (χ3v) is 10.6. The van der Waals surface area contributed by atoms with E-state index in [0.717, 1.165) is 51.1 Å². The Morgan fingerprint density at radius 3 is 2.34 bits per heavy atom. The van der Waals surface area contributed by atoms with Crippen molar-refractivity contribution >= 4 is 48.1 Å². The van der Waals surface area contributed by atoms with Crippen LogP contribution in [0, 0.1) is 0 Å². The van der Waals surface area contributed by atoms with Crippen molar-refractivity contribution in [3.63, 3.8) is 0 Å². The third-order valence-electron chi connectivity index (χ3n) is 9.59. The van der Waals surface area contributed by atoms with Gasteiger partial charge in [-0.3, -0.25) is 0 Å². The summed E-state index contributed by atoms with van der Waals surface area (Å²) in [7, 11) is 0. The van der Waals surface area contributed by atoms with E-state index in [4.69, 9.17) is 9.97 Å². The molecule has 0 bridgehead atoms. The first-order valence-corrected chi connectivity index (χ1v) is 16.2. The molecule has 210 valence electrons. The molecule has 2 heterocycles. The maximum atomic E-state index is 5.32. The summed E-state index contributed by atoms with van der Waals surface area (Å²) in [5.74, 6) is 0. The van der Waals surface area contributed by atoms with Gasteiger partial charge in [-0.15, -0.1) is 11.3 Å². The van der Waals surface area contributed by atoms with Gasteiger partial charge in [0.2, 0.25) is 0 Å². The van der Waals surface area contributed by atoms with Crippen LogP contribution < -0.4 is 0 Å². The molecule has 2 aliphatic rings. The van der Waals surface area contributed by atoms with Crippen molar-refractivity contribution in [2.24, 2.45) is 0 Å². The molecule has 0 fully saturated rings. The molecular weight excluding hydrogens is 553 g/mol. The number of hydrogen-bond donors (Lipinski definition) is 0. The summed E-state index contributed by atoms with van der Waals surface area (Å²) < 4.78 is 1.21. The van der Waals surface area contributed by atoms with Crippen LogP contribution in [0.25, 0.3) is 70.4 Å². The van der Waals surface area contributed by atoms with Gasteiger partial charge in [-0.25, -0.2) is 9.97 Å². The quantitative estimate of drug-likeness (QED) is 0.207.